The topological polar surface area (TPSA) is 72.5 Å². The molecule has 3 aromatic heterocycles. The summed E-state index contributed by atoms with van der Waals surface area (Å²) in [5.41, 5.74) is 3.70. The molecule has 0 radical (unpaired) electrons. The summed E-state index contributed by atoms with van der Waals surface area (Å²) in [6.07, 6.45) is 1.88. The Morgan fingerprint density at radius 3 is 2.52 bits per heavy atom. The van der Waals surface area contributed by atoms with Crippen LogP contribution in [0.25, 0.3) is 28.0 Å². The molecular formula is C22H21N5O2. The maximum atomic E-state index is 12.3. The van der Waals surface area contributed by atoms with Gasteiger partial charge in [-0.2, -0.15) is 10.2 Å². The van der Waals surface area contributed by atoms with Crippen LogP contribution in [0, 0.1) is 0 Å². The highest BCUT2D eigenvalue weighted by Gasteiger charge is 2.19. The highest BCUT2D eigenvalue weighted by atomic mass is 16.2. The molecule has 0 spiro atoms. The molecule has 146 valence electrons. The first-order chi connectivity index (χ1) is 14.1. The second-order valence-electron chi connectivity index (χ2n) is 6.74. The predicted octanol–water partition coefficient (Wildman–Crippen LogP) is 2.70. The second kappa shape index (κ2) is 7.71. The Hall–Kier alpha value is -3.74. The fourth-order valence-electron chi connectivity index (χ4n) is 3.17. The number of amides is 1. The van der Waals surface area contributed by atoms with Gasteiger partial charge in [-0.1, -0.05) is 36.4 Å². The lowest BCUT2D eigenvalue weighted by atomic mass is 10.0. The van der Waals surface area contributed by atoms with Gasteiger partial charge in [0.2, 0.25) is 5.91 Å². The number of benzene rings is 1. The van der Waals surface area contributed by atoms with E-state index in [9.17, 15) is 9.59 Å². The van der Waals surface area contributed by atoms with Crippen molar-refractivity contribution >= 4 is 11.4 Å². The van der Waals surface area contributed by atoms with Gasteiger partial charge >= 0.3 is 0 Å². The molecule has 3 heterocycles. The molecule has 4 rings (SSSR count). The molecule has 7 nitrogen and oxygen atoms in total. The lowest BCUT2D eigenvalue weighted by molar-refractivity contribution is -0.130. The Labute approximate surface area is 167 Å². The smallest absolute Gasteiger partial charge is 0.267 e. The second-order valence-corrected chi connectivity index (χ2v) is 6.74. The molecule has 0 saturated heterocycles. The first-order valence-electron chi connectivity index (χ1n) is 9.43. The van der Waals surface area contributed by atoms with Gasteiger partial charge in [0.05, 0.1) is 16.8 Å². The molecule has 0 N–H and O–H groups in total. The zero-order chi connectivity index (χ0) is 20.4. The van der Waals surface area contributed by atoms with Gasteiger partial charge in [-0.15, -0.1) is 0 Å². The highest BCUT2D eigenvalue weighted by molar-refractivity contribution is 5.90. The number of carbonyl (C=O) groups is 1. The number of pyridine rings is 1. The predicted molar refractivity (Wildman–Crippen MR) is 111 cm³/mol. The van der Waals surface area contributed by atoms with Crippen LogP contribution in [0.3, 0.4) is 0 Å². The van der Waals surface area contributed by atoms with Crippen molar-refractivity contribution in [2.45, 2.75) is 13.5 Å². The minimum absolute atomic E-state index is 0.100. The zero-order valence-corrected chi connectivity index (χ0v) is 16.3. The van der Waals surface area contributed by atoms with Crippen LogP contribution in [0.15, 0.2) is 71.7 Å². The SMILES string of the molecule is CCN(C)C(=O)Cn1nc(-c2c(-c3ccccc3)nn3ccccc23)ccc1=O. The lowest BCUT2D eigenvalue weighted by Gasteiger charge is -2.15. The minimum atomic E-state index is -0.315. The van der Waals surface area contributed by atoms with Gasteiger partial charge in [-0.3, -0.25) is 9.59 Å². The highest BCUT2D eigenvalue weighted by Crippen LogP contribution is 2.33. The molecule has 4 aromatic rings. The molecule has 0 unspecified atom stereocenters. The Bertz CT molecular complexity index is 1230. The third-order valence-electron chi connectivity index (χ3n) is 4.90. The van der Waals surface area contributed by atoms with Gasteiger partial charge in [0.25, 0.3) is 5.56 Å². The number of nitrogens with zero attached hydrogens (tertiary/aromatic N) is 5. The fourth-order valence-corrected chi connectivity index (χ4v) is 3.17. The summed E-state index contributed by atoms with van der Waals surface area (Å²) in [6.45, 7) is 2.35. The van der Waals surface area contributed by atoms with E-state index >= 15 is 0 Å². The van der Waals surface area contributed by atoms with E-state index in [1.54, 1.807) is 22.5 Å². The van der Waals surface area contributed by atoms with E-state index in [1.165, 1.54) is 10.7 Å². The van der Waals surface area contributed by atoms with Gasteiger partial charge in [-0.05, 0) is 25.1 Å². The van der Waals surface area contributed by atoms with Crippen molar-refractivity contribution in [2.24, 2.45) is 0 Å². The largest absolute Gasteiger partial charge is 0.344 e. The van der Waals surface area contributed by atoms with Gasteiger partial charge < -0.3 is 4.90 Å². The zero-order valence-electron chi connectivity index (χ0n) is 16.3. The standard InChI is InChI=1S/C22H21N5O2/c1-3-25(2)20(29)15-27-19(28)13-12-17(23-27)21-18-11-7-8-14-26(18)24-22(21)16-9-5-4-6-10-16/h4-14H,3,15H2,1-2H3. The minimum Gasteiger partial charge on any atom is -0.344 e. The van der Waals surface area contributed by atoms with Crippen LogP contribution >= 0.6 is 0 Å². The third kappa shape index (κ3) is 3.54. The van der Waals surface area contributed by atoms with Crippen molar-refractivity contribution in [3.05, 3.63) is 77.2 Å². The van der Waals surface area contributed by atoms with E-state index in [1.807, 2.05) is 61.7 Å². The number of aromatic nitrogens is 4. The van der Waals surface area contributed by atoms with Crippen LogP contribution in [-0.4, -0.2) is 43.8 Å². The molecule has 0 saturated carbocycles. The number of likely N-dealkylation sites (N-methyl/N-ethyl adjacent to an activating group) is 1. The van der Waals surface area contributed by atoms with Crippen molar-refractivity contribution in [3.8, 4) is 22.5 Å². The molecule has 0 aliphatic carbocycles. The van der Waals surface area contributed by atoms with Gasteiger partial charge in [0, 0.05) is 31.4 Å². The molecule has 1 amide bonds. The van der Waals surface area contributed by atoms with Crippen LogP contribution < -0.4 is 5.56 Å². The summed E-state index contributed by atoms with van der Waals surface area (Å²) in [7, 11) is 1.70. The van der Waals surface area contributed by atoms with Gasteiger partial charge in [-0.25, -0.2) is 9.20 Å². The lowest BCUT2D eigenvalue weighted by Crippen LogP contribution is -2.34. The molecule has 29 heavy (non-hydrogen) atoms. The Kier molecular flexibility index (Phi) is 4.95. The molecule has 7 heteroatoms. The summed E-state index contributed by atoms with van der Waals surface area (Å²) in [4.78, 5) is 26.2. The molecule has 0 bridgehead atoms. The van der Waals surface area contributed by atoms with Crippen molar-refractivity contribution in [3.63, 3.8) is 0 Å². The first-order valence-corrected chi connectivity index (χ1v) is 9.43. The Morgan fingerprint density at radius 1 is 1.00 bits per heavy atom. The molecule has 0 fully saturated rings. The number of rotatable bonds is 5. The monoisotopic (exact) mass is 387 g/mol. The summed E-state index contributed by atoms with van der Waals surface area (Å²) in [5, 5.41) is 9.24. The van der Waals surface area contributed by atoms with Gasteiger partial charge in [0.15, 0.2) is 0 Å². The average Bonchev–Trinajstić information content (AvgIpc) is 3.15. The van der Waals surface area contributed by atoms with Crippen LogP contribution in [0.2, 0.25) is 0 Å². The summed E-state index contributed by atoms with van der Waals surface area (Å²) < 4.78 is 3.01. The number of carbonyl (C=O) groups excluding carboxylic acids is 1. The number of fused-ring (bicyclic) bond motifs is 1. The van der Waals surface area contributed by atoms with Crippen molar-refractivity contribution < 1.29 is 4.79 Å². The Balaban J connectivity index is 1.88. The van der Waals surface area contributed by atoms with E-state index in [2.05, 4.69) is 5.10 Å². The molecular weight excluding hydrogens is 366 g/mol. The van der Waals surface area contributed by atoms with E-state index in [0.717, 1.165) is 22.3 Å². The normalized spacial score (nSPS) is 11.0. The van der Waals surface area contributed by atoms with E-state index < -0.39 is 0 Å². The average molecular weight is 387 g/mol. The van der Waals surface area contributed by atoms with Crippen LogP contribution in [-0.2, 0) is 11.3 Å². The van der Waals surface area contributed by atoms with Crippen molar-refractivity contribution in [2.75, 3.05) is 13.6 Å². The summed E-state index contributed by atoms with van der Waals surface area (Å²) in [6, 6.07) is 18.8. The first kappa shape index (κ1) is 18.6. The van der Waals surface area contributed by atoms with Gasteiger partial charge in [0.1, 0.15) is 12.2 Å². The maximum absolute atomic E-state index is 12.3. The third-order valence-corrected chi connectivity index (χ3v) is 4.90. The molecule has 0 atom stereocenters. The van der Waals surface area contributed by atoms with E-state index in [0.29, 0.717) is 12.2 Å². The van der Waals surface area contributed by atoms with Crippen molar-refractivity contribution in [1.82, 2.24) is 24.3 Å². The molecule has 0 aliphatic heterocycles. The quantitative estimate of drug-likeness (QED) is 0.528. The maximum Gasteiger partial charge on any atom is 0.267 e. The summed E-state index contributed by atoms with van der Waals surface area (Å²) >= 11 is 0. The van der Waals surface area contributed by atoms with Crippen LogP contribution in [0.1, 0.15) is 6.92 Å². The number of hydrogen-bond donors (Lipinski definition) is 0. The Morgan fingerprint density at radius 2 is 1.76 bits per heavy atom. The van der Waals surface area contributed by atoms with E-state index in [-0.39, 0.29) is 18.0 Å². The molecule has 0 aliphatic rings. The number of hydrogen-bond acceptors (Lipinski definition) is 4. The fraction of sp³-hybridized carbons (Fsp3) is 0.182. The van der Waals surface area contributed by atoms with E-state index in [4.69, 9.17) is 5.10 Å². The molecule has 1 aromatic carbocycles. The van der Waals surface area contributed by atoms with Crippen LogP contribution in [0.5, 0.6) is 0 Å². The van der Waals surface area contributed by atoms with Crippen molar-refractivity contribution in [1.29, 1.82) is 0 Å². The summed E-state index contributed by atoms with van der Waals surface area (Å²) in [5.74, 6) is -0.164. The van der Waals surface area contributed by atoms with Crippen LogP contribution in [0.4, 0.5) is 0 Å².